The van der Waals surface area contributed by atoms with Gasteiger partial charge in [0, 0.05) is 44.3 Å². The van der Waals surface area contributed by atoms with Crippen LogP contribution in [0, 0.1) is 5.41 Å². The van der Waals surface area contributed by atoms with Gasteiger partial charge in [-0.25, -0.2) is 0 Å². The van der Waals surface area contributed by atoms with Crippen LogP contribution in [0.1, 0.15) is 31.2 Å². The van der Waals surface area contributed by atoms with E-state index in [1.54, 1.807) is 6.20 Å². The average molecular weight is 380 g/mol. The minimum Gasteiger partial charge on any atom is -0.393 e. The maximum absolute atomic E-state index is 13.6. The Morgan fingerprint density at radius 3 is 2.61 bits per heavy atom. The molecule has 1 aromatic heterocycles. The number of rotatable bonds is 4. The van der Waals surface area contributed by atoms with Gasteiger partial charge in [-0.1, -0.05) is 30.3 Å². The van der Waals surface area contributed by atoms with E-state index >= 15 is 0 Å². The number of ether oxygens (including phenoxy) is 1. The highest BCUT2D eigenvalue weighted by molar-refractivity contribution is 5.84. The largest absolute Gasteiger partial charge is 0.393 e. The van der Waals surface area contributed by atoms with Crippen molar-refractivity contribution in [2.45, 2.75) is 38.2 Å². The molecule has 148 valence electrons. The smallest absolute Gasteiger partial charge is 0.229 e. The first kappa shape index (κ1) is 19.1. The van der Waals surface area contributed by atoms with Gasteiger partial charge < -0.3 is 14.7 Å². The summed E-state index contributed by atoms with van der Waals surface area (Å²) in [6.07, 6.45) is 6.91. The predicted octanol–water partition coefficient (Wildman–Crippen LogP) is 3.07. The number of likely N-dealkylation sites (tertiary alicyclic amines) is 1. The first-order chi connectivity index (χ1) is 13.7. The van der Waals surface area contributed by atoms with Crippen molar-refractivity contribution in [1.29, 1.82) is 0 Å². The Morgan fingerprint density at radius 1 is 1.14 bits per heavy atom. The maximum Gasteiger partial charge on any atom is 0.229 e. The summed E-state index contributed by atoms with van der Waals surface area (Å²) in [5.41, 5.74) is 2.97. The van der Waals surface area contributed by atoms with Crippen molar-refractivity contribution in [3.63, 3.8) is 0 Å². The van der Waals surface area contributed by atoms with Crippen LogP contribution in [0.2, 0.25) is 0 Å². The van der Waals surface area contributed by atoms with Crippen LogP contribution in [-0.4, -0.2) is 53.3 Å². The Hall–Kier alpha value is -2.24. The third-order valence-corrected chi connectivity index (χ3v) is 6.17. The first-order valence-electron chi connectivity index (χ1n) is 10.2. The Kier molecular flexibility index (Phi) is 5.74. The summed E-state index contributed by atoms with van der Waals surface area (Å²) >= 11 is 0. The topological polar surface area (TPSA) is 62.7 Å². The quantitative estimate of drug-likeness (QED) is 0.885. The lowest BCUT2D eigenvalue weighted by atomic mass is 9.72. The van der Waals surface area contributed by atoms with Gasteiger partial charge in [0.05, 0.1) is 11.5 Å². The molecule has 5 nitrogen and oxygen atoms in total. The van der Waals surface area contributed by atoms with Crippen LogP contribution < -0.4 is 0 Å². The highest BCUT2D eigenvalue weighted by atomic mass is 16.5. The number of aliphatic hydroxyl groups is 1. The van der Waals surface area contributed by atoms with E-state index in [0.717, 1.165) is 24.0 Å². The summed E-state index contributed by atoms with van der Waals surface area (Å²) in [5, 5.41) is 9.82. The van der Waals surface area contributed by atoms with Crippen LogP contribution in [0.15, 0.2) is 48.8 Å². The molecule has 3 heterocycles. The van der Waals surface area contributed by atoms with Gasteiger partial charge in [0.25, 0.3) is 0 Å². The molecule has 0 aliphatic carbocycles. The number of carbonyl (C=O) groups is 1. The van der Waals surface area contributed by atoms with E-state index in [9.17, 15) is 9.90 Å². The SMILES string of the molecule is O=C(N1CCC(O)CC1)C1(Cc2ccccc2-c2cccnc2)CCOCC1. The third-order valence-electron chi connectivity index (χ3n) is 6.17. The minimum atomic E-state index is -0.432. The van der Waals surface area contributed by atoms with E-state index in [0.29, 0.717) is 45.6 Å². The molecular weight excluding hydrogens is 352 g/mol. The Balaban J connectivity index is 1.64. The summed E-state index contributed by atoms with van der Waals surface area (Å²) in [6, 6.07) is 12.3. The van der Waals surface area contributed by atoms with Gasteiger partial charge in [-0.05, 0) is 49.3 Å². The van der Waals surface area contributed by atoms with Crippen molar-refractivity contribution in [2.75, 3.05) is 26.3 Å². The van der Waals surface area contributed by atoms with E-state index in [2.05, 4.69) is 23.2 Å². The highest BCUT2D eigenvalue weighted by Crippen LogP contribution is 2.39. The molecule has 2 aliphatic rings. The molecule has 0 spiro atoms. The van der Waals surface area contributed by atoms with Crippen LogP contribution in [0.25, 0.3) is 11.1 Å². The number of piperidine rings is 1. The minimum absolute atomic E-state index is 0.226. The molecule has 1 amide bonds. The molecule has 2 aromatic rings. The number of nitrogens with zero attached hydrogens (tertiary/aromatic N) is 2. The molecule has 2 fully saturated rings. The summed E-state index contributed by atoms with van der Waals surface area (Å²) in [7, 11) is 0. The van der Waals surface area contributed by atoms with E-state index in [1.165, 1.54) is 5.56 Å². The zero-order chi connectivity index (χ0) is 19.4. The predicted molar refractivity (Wildman–Crippen MR) is 108 cm³/mol. The van der Waals surface area contributed by atoms with Crippen molar-refractivity contribution < 1.29 is 14.6 Å². The zero-order valence-electron chi connectivity index (χ0n) is 16.2. The van der Waals surface area contributed by atoms with Gasteiger partial charge >= 0.3 is 0 Å². The maximum atomic E-state index is 13.6. The summed E-state index contributed by atoms with van der Waals surface area (Å²) in [6.45, 7) is 2.54. The molecule has 0 atom stereocenters. The fourth-order valence-corrected chi connectivity index (χ4v) is 4.48. The molecule has 5 heteroatoms. The fourth-order valence-electron chi connectivity index (χ4n) is 4.48. The van der Waals surface area contributed by atoms with Crippen molar-refractivity contribution in [2.24, 2.45) is 5.41 Å². The molecule has 2 aliphatic heterocycles. The van der Waals surface area contributed by atoms with Gasteiger partial charge in [0.2, 0.25) is 5.91 Å². The number of hydrogen-bond acceptors (Lipinski definition) is 4. The van der Waals surface area contributed by atoms with E-state index < -0.39 is 5.41 Å². The molecule has 1 aromatic carbocycles. The number of aliphatic hydroxyl groups excluding tert-OH is 1. The molecule has 1 N–H and O–H groups in total. The number of pyridine rings is 1. The monoisotopic (exact) mass is 380 g/mol. The van der Waals surface area contributed by atoms with Gasteiger partial charge in [-0.3, -0.25) is 9.78 Å². The van der Waals surface area contributed by atoms with E-state index in [1.807, 2.05) is 29.3 Å². The second kappa shape index (κ2) is 8.41. The Labute approximate surface area is 166 Å². The van der Waals surface area contributed by atoms with E-state index in [-0.39, 0.29) is 12.0 Å². The molecule has 2 saturated heterocycles. The number of amides is 1. The second-order valence-corrected chi connectivity index (χ2v) is 7.99. The molecule has 0 saturated carbocycles. The van der Waals surface area contributed by atoms with Crippen LogP contribution >= 0.6 is 0 Å². The van der Waals surface area contributed by atoms with Crippen molar-refractivity contribution >= 4 is 5.91 Å². The lowest BCUT2D eigenvalue weighted by Gasteiger charge is -2.42. The van der Waals surface area contributed by atoms with Crippen molar-refractivity contribution in [3.05, 3.63) is 54.4 Å². The fraction of sp³-hybridized carbons (Fsp3) is 0.478. The number of hydrogen-bond donors (Lipinski definition) is 1. The molecule has 4 rings (SSSR count). The molecule has 0 bridgehead atoms. The van der Waals surface area contributed by atoms with Gasteiger partial charge in [0.15, 0.2) is 0 Å². The van der Waals surface area contributed by atoms with Crippen LogP contribution in [0.5, 0.6) is 0 Å². The lowest BCUT2D eigenvalue weighted by Crippen LogP contribution is -2.51. The van der Waals surface area contributed by atoms with Crippen molar-refractivity contribution in [1.82, 2.24) is 9.88 Å². The standard InChI is InChI=1S/C23H28N2O3/c26-20-7-12-25(13-8-20)22(27)23(9-14-28-15-10-23)16-18-4-1-2-6-21(18)19-5-3-11-24-17-19/h1-6,11,17,20,26H,7-10,12-16H2. The van der Waals surface area contributed by atoms with E-state index in [4.69, 9.17) is 4.74 Å². The zero-order valence-corrected chi connectivity index (χ0v) is 16.2. The summed E-state index contributed by atoms with van der Waals surface area (Å²) < 4.78 is 5.61. The van der Waals surface area contributed by atoms with Gasteiger partial charge in [-0.2, -0.15) is 0 Å². The van der Waals surface area contributed by atoms with Gasteiger partial charge in [-0.15, -0.1) is 0 Å². The third kappa shape index (κ3) is 3.96. The van der Waals surface area contributed by atoms with Crippen LogP contribution in [0.4, 0.5) is 0 Å². The number of carbonyl (C=O) groups excluding carboxylic acids is 1. The molecule has 0 unspecified atom stereocenters. The highest BCUT2D eigenvalue weighted by Gasteiger charge is 2.43. The lowest BCUT2D eigenvalue weighted by molar-refractivity contribution is -0.150. The number of benzene rings is 1. The number of aromatic nitrogens is 1. The van der Waals surface area contributed by atoms with Crippen molar-refractivity contribution in [3.8, 4) is 11.1 Å². The molecule has 0 radical (unpaired) electrons. The normalized spacial score (nSPS) is 20.1. The first-order valence-corrected chi connectivity index (χ1v) is 10.2. The van der Waals surface area contributed by atoms with Crippen LogP contribution in [0.3, 0.4) is 0 Å². The van der Waals surface area contributed by atoms with Crippen LogP contribution in [-0.2, 0) is 16.0 Å². The molecular formula is C23H28N2O3. The van der Waals surface area contributed by atoms with Gasteiger partial charge in [0.1, 0.15) is 0 Å². The molecule has 28 heavy (non-hydrogen) atoms. The second-order valence-electron chi connectivity index (χ2n) is 7.99. The Bertz CT molecular complexity index is 795. The Morgan fingerprint density at radius 2 is 1.89 bits per heavy atom. The summed E-state index contributed by atoms with van der Waals surface area (Å²) in [4.78, 5) is 19.8. The average Bonchev–Trinajstić information content (AvgIpc) is 2.75. The summed E-state index contributed by atoms with van der Waals surface area (Å²) in [5.74, 6) is 0.226.